The molecule has 0 fully saturated rings. The fourth-order valence-corrected chi connectivity index (χ4v) is 1.33. The van der Waals surface area contributed by atoms with Gasteiger partial charge in [-0.3, -0.25) is 9.59 Å². The number of nitrogens with two attached hydrogens (primary N) is 1. The van der Waals surface area contributed by atoms with Crippen molar-refractivity contribution in [3.8, 4) is 0 Å². The van der Waals surface area contributed by atoms with Gasteiger partial charge in [-0.2, -0.15) is 0 Å². The maximum absolute atomic E-state index is 11.9. The Labute approximate surface area is 116 Å². The first-order chi connectivity index (χ1) is 8.54. The fraction of sp³-hybridized carbons (Fsp3) is 0.857. The molecule has 1 unspecified atom stereocenters. The van der Waals surface area contributed by atoms with Gasteiger partial charge < -0.3 is 16.0 Å². The van der Waals surface area contributed by atoms with Crippen molar-refractivity contribution < 1.29 is 9.59 Å². The number of hydrogen-bond acceptors (Lipinski definition) is 3. The second-order valence-electron chi connectivity index (χ2n) is 6.62. The van der Waals surface area contributed by atoms with E-state index in [4.69, 9.17) is 5.73 Å². The van der Waals surface area contributed by atoms with Crippen molar-refractivity contribution >= 4 is 11.8 Å². The molecule has 112 valence electrons. The van der Waals surface area contributed by atoms with Crippen LogP contribution in [0.15, 0.2) is 0 Å². The van der Waals surface area contributed by atoms with Gasteiger partial charge in [0.1, 0.15) is 0 Å². The quantitative estimate of drug-likeness (QED) is 0.756. The summed E-state index contributed by atoms with van der Waals surface area (Å²) in [5, 5.41) is 2.79. The Kier molecular flexibility index (Phi) is 7.05. The molecule has 0 aliphatic rings. The van der Waals surface area contributed by atoms with Crippen molar-refractivity contribution in [1.29, 1.82) is 0 Å². The van der Waals surface area contributed by atoms with E-state index in [-0.39, 0.29) is 36.2 Å². The van der Waals surface area contributed by atoms with Crippen LogP contribution in [0.1, 0.15) is 41.0 Å². The van der Waals surface area contributed by atoms with Crippen LogP contribution in [0.5, 0.6) is 0 Å². The number of carbonyl (C=O) groups excluding carboxylic acids is 2. The third kappa shape index (κ3) is 7.82. The molecule has 5 nitrogen and oxygen atoms in total. The predicted molar refractivity (Wildman–Crippen MR) is 77.5 cm³/mol. The summed E-state index contributed by atoms with van der Waals surface area (Å²) in [7, 11) is 1.63. The summed E-state index contributed by atoms with van der Waals surface area (Å²) in [6.45, 7) is 10.8. The van der Waals surface area contributed by atoms with E-state index in [9.17, 15) is 9.59 Å². The fourth-order valence-electron chi connectivity index (χ4n) is 1.33. The Morgan fingerprint density at radius 2 is 1.79 bits per heavy atom. The molecule has 3 N–H and O–H groups in total. The van der Waals surface area contributed by atoms with Crippen LogP contribution in [0.3, 0.4) is 0 Å². The number of amides is 2. The smallest absolute Gasteiger partial charge is 0.239 e. The van der Waals surface area contributed by atoms with Crippen LogP contribution < -0.4 is 11.1 Å². The highest BCUT2D eigenvalue weighted by Gasteiger charge is 2.25. The van der Waals surface area contributed by atoms with Crippen LogP contribution in [0, 0.1) is 11.3 Å². The zero-order valence-electron chi connectivity index (χ0n) is 13.1. The average molecular weight is 271 g/mol. The molecule has 0 saturated carbocycles. The molecule has 0 rings (SSSR count). The van der Waals surface area contributed by atoms with Crippen LogP contribution in [0.4, 0.5) is 0 Å². The molecule has 0 radical (unpaired) electrons. The highest BCUT2D eigenvalue weighted by Crippen LogP contribution is 2.20. The molecule has 0 aliphatic carbocycles. The minimum absolute atomic E-state index is 0.0857. The topological polar surface area (TPSA) is 75.4 Å². The maximum Gasteiger partial charge on any atom is 0.239 e. The summed E-state index contributed by atoms with van der Waals surface area (Å²) in [6.07, 6.45) is 0.261. The monoisotopic (exact) mass is 271 g/mol. The minimum atomic E-state index is -0.207. The zero-order valence-corrected chi connectivity index (χ0v) is 13.1. The van der Waals surface area contributed by atoms with Crippen molar-refractivity contribution in [3.63, 3.8) is 0 Å². The molecule has 0 aromatic rings. The highest BCUT2D eigenvalue weighted by molar-refractivity contribution is 5.84. The Balaban J connectivity index is 4.17. The molecule has 0 spiro atoms. The molecule has 5 heteroatoms. The predicted octanol–water partition coefficient (Wildman–Crippen LogP) is 0.981. The van der Waals surface area contributed by atoms with Crippen LogP contribution in [0.2, 0.25) is 0 Å². The van der Waals surface area contributed by atoms with E-state index in [0.29, 0.717) is 12.5 Å². The summed E-state index contributed by atoms with van der Waals surface area (Å²) in [4.78, 5) is 25.0. The molecule has 0 aromatic heterocycles. The van der Waals surface area contributed by atoms with E-state index in [1.165, 1.54) is 4.90 Å². The first-order valence-corrected chi connectivity index (χ1v) is 6.80. The first kappa shape index (κ1) is 17.9. The lowest BCUT2D eigenvalue weighted by atomic mass is 9.85. The summed E-state index contributed by atoms with van der Waals surface area (Å²) in [5.74, 6) is 0.176. The van der Waals surface area contributed by atoms with Crippen LogP contribution in [-0.4, -0.2) is 42.9 Å². The molecule has 0 bridgehead atoms. The SMILES string of the molecule is CC(C)CNC(=O)CN(C)C(=O)CC(N)C(C)(C)C. The molecule has 19 heavy (non-hydrogen) atoms. The summed E-state index contributed by atoms with van der Waals surface area (Å²) in [6, 6.07) is -0.207. The Morgan fingerprint density at radius 1 is 1.26 bits per heavy atom. The molecule has 1 atom stereocenters. The van der Waals surface area contributed by atoms with E-state index < -0.39 is 0 Å². The van der Waals surface area contributed by atoms with Gasteiger partial charge in [-0.1, -0.05) is 34.6 Å². The van der Waals surface area contributed by atoms with Gasteiger partial charge in [0.2, 0.25) is 11.8 Å². The van der Waals surface area contributed by atoms with Crippen LogP contribution >= 0.6 is 0 Å². The van der Waals surface area contributed by atoms with Gasteiger partial charge in [0.25, 0.3) is 0 Å². The maximum atomic E-state index is 11.9. The third-order valence-electron chi connectivity index (χ3n) is 3.02. The van der Waals surface area contributed by atoms with E-state index in [0.717, 1.165) is 0 Å². The van der Waals surface area contributed by atoms with E-state index in [1.807, 2.05) is 34.6 Å². The van der Waals surface area contributed by atoms with Crippen molar-refractivity contribution in [2.24, 2.45) is 17.1 Å². The molecular weight excluding hydrogens is 242 g/mol. The largest absolute Gasteiger partial charge is 0.354 e. The lowest BCUT2D eigenvalue weighted by Gasteiger charge is -2.28. The first-order valence-electron chi connectivity index (χ1n) is 6.80. The van der Waals surface area contributed by atoms with Crippen molar-refractivity contribution in [2.45, 2.75) is 47.1 Å². The van der Waals surface area contributed by atoms with Crippen molar-refractivity contribution in [2.75, 3.05) is 20.1 Å². The number of nitrogens with zero attached hydrogens (tertiary/aromatic N) is 1. The Morgan fingerprint density at radius 3 is 2.21 bits per heavy atom. The molecule has 0 saturated heterocycles. The number of carbonyl (C=O) groups is 2. The normalized spacial score (nSPS) is 13.3. The third-order valence-corrected chi connectivity index (χ3v) is 3.02. The van der Waals surface area contributed by atoms with E-state index in [1.54, 1.807) is 7.05 Å². The second kappa shape index (κ2) is 7.48. The zero-order chi connectivity index (χ0) is 15.2. The van der Waals surface area contributed by atoms with Gasteiger partial charge in [0, 0.05) is 26.1 Å². The number of nitrogens with one attached hydrogen (secondary N) is 1. The lowest BCUT2D eigenvalue weighted by molar-refractivity contribution is -0.135. The van der Waals surface area contributed by atoms with Gasteiger partial charge in [-0.05, 0) is 11.3 Å². The summed E-state index contributed by atoms with van der Waals surface area (Å²) in [5.41, 5.74) is 5.86. The molecular formula is C14H29N3O2. The van der Waals surface area contributed by atoms with Gasteiger partial charge in [0.15, 0.2) is 0 Å². The standard InChI is InChI=1S/C14H29N3O2/c1-10(2)8-16-12(18)9-17(6)13(19)7-11(15)14(3,4)5/h10-11H,7-9,15H2,1-6H3,(H,16,18). The molecule has 0 aliphatic heterocycles. The Bertz CT molecular complexity index is 308. The molecule has 2 amide bonds. The number of hydrogen-bond donors (Lipinski definition) is 2. The minimum Gasteiger partial charge on any atom is -0.354 e. The molecule has 0 aromatic carbocycles. The van der Waals surface area contributed by atoms with Gasteiger partial charge in [-0.25, -0.2) is 0 Å². The van der Waals surface area contributed by atoms with Crippen LogP contribution in [-0.2, 0) is 9.59 Å². The number of likely N-dealkylation sites (N-methyl/N-ethyl adjacent to an activating group) is 1. The summed E-state index contributed by atoms with van der Waals surface area (Å²) >= 11 is 0. The Hall–Kier alpha value is -1.10. The van der Waals surface area contributed by atoms with Crippen LogP contribution in [0.25, 0.3) is 0 Å². The van der Waals surface area contributed by atoms with Gasteiger partial charge in [0.05, 0.1) is 6.54 Å². The highest BCUT2D eigenvalue weighted by atomic mass is 16.2. The average Bonchev–Trinajstić information content (AvgIpc) is 2.24. The second-order valence-corrected chi connectivity index (χ2v) is 6.62. The van der Waals surface area contributed by atoms with Gasteiger partial charge in [-0.15, -0.1) is 0 Å². The van der Waals surface area contributed by atoms with Crippen molar-refractivity contribution in [3.05, 3.63) is 0 Å². The van der Waals surface area contributed by atoms with Gasteiger partial charge >= 0.3 is 0 Å². The van der Waals surface area contributed by atoms with Crippen molar-refractivity contribution in [1.82, 2.24) is 10.2 Å². The number of rotatable bonds is 6. The van der Waals surface area contributed by atoms with E-state index >= 15 is 0 Å². The lowest BCUT2D eigenvalue weighted by Crippen LogP contribution is -2.44. The van der Waals surface area contributed by atoms with E-state index in [2.05, 4.69) is 5.32 Å². The summed E-state index contributed by atoms with van der Waals surface area (Å²) < 4.78 is 0. The molecule has 0 heterocycles.